The summed E-state index contributed by atoms with van der Waals surface area (Å²) in [7, 11) is 0. The fraction of sp³-hybridized carbons (Fsp3) is 0.211. The summed E-state index contributed by atoms with van der Waals surface area (Å²) in [4.78, 5) is 9.21. The Kier molecular flexibility index (Phi) is 4.84. The molecule has 1 aromatic heterocycles. The average Bonchev–Trinajstić information content (AvgIpc) is 2.71. The van der Waals surface area contributed by atoms with E-state index in [0.717, 1.165) is 37.7 Å². The molecule has 0 atom stereocenters. The molecule has 1 aliphatic rings. The Bertz CT molecular complexity index is 865. The molecule has 132 valence electrons. The van der Waals surface area contributed by atoms with Crippen LogP contribution in [0.3, 0.4) is 0 Å². The van der Waals surface area contributed by atoms with Crippen molar-refractivity contribution < 1.29 is 0 Å². The van der Waals surface area contributed by atoms with Crippen molar-refractivity contribution in [2.45, 2.75) is 0 Å². The molecule has 1 saturated heterocycles. The molecule has 0 aliphatic carbocycles. The largest absolute Gasteiger partial charge is 0.368 e. The minimum Gasteiger partial charge on any atom is -0.368 e. The highest BCUT2D eigenvalue weighted by Gasteiger charge is 2.19. The first-order chi connectivity index (χ1) is 12.8. The molecule has 0 radical (unpaired) electrons. The van der Waals surface area contributed by atoms with Crippen molar-refractivity contribution in [3.05, 3.63) is 65.8 Å². The van der Waals surface area contributed by atoms with E-state index in [9.17, 15) is 0 Å². The molecule has 0 bridgehead atoms. The Balaban J connectivity index is 1.44. The third-order valence-electron chi connectivity index (χ3n) is 4.39. The summed E-state index contributed by atoms with van der Waals surface area (Å²) in [5.41, 5.74) is 2.02. The van der Waals surface area contributed by atoms with Gasteiger partial charge in [-0.25, -0.2) is 0 Å². The number of benzene rings is 2. The highest BCUT2D eigenvalue weighted by Crippen LogP contribution is 2.24. The fourth-order valence-corrected chi connectivity index (χ4v) is 3.20. The van der Waals surface area contributed by atoms with Crippen LogP contribution in [0.25, 0.3) is 0 Å². The van der Waals surface area contributed by atoms with Crippen LogP contribution in [-0.4, -0.2) is 41.4 Å². The van der Waals surface area contributed by atoms with Crippen LogP contribution in [0.1, 0.15) is 0 Å². The molecule has 0 saturated carbocycles. The van der Waals surface area contributed by atoms with E-state index in [1.807, 2.05) is 30.3 Å². The van der Waals surface area contributed by atoms with Crippen LogP contribution in [0, 0.1) is 0 Å². The van der Waals surface area contributed by atoms with Crippen molar-refractivity contribution in [2.75, 3.05) is 41.3 Å². The number of rotatable bonds is 4. The summed E-state index contributed by atoms with van der Waals surface area (Å²) in [6, 6.07) is 18.0. The topological polar surface area (TPSA) is 57.2 Å². The zero-order chi connectivity index (χ0) is 17.8. The number of hydrogen-bond acceptors (Lipinski definition) is 6. The Morgan fingerprint density at radius 1 is 0.846 bits per heavy atom. The first kappa shape index (κ1) is 16.6. The predicted molar refractivity (Wildman–Crippen MR) is 105 cm³/mol. The number of aromatic nitrogens is 3. The lowest BCUT2D eigenvalue weighted by Crippen LogP contribution is -2.46. The van der Waals surface area contributed by atoms with Gasteiger partial charge in [-0.15, -0.1) is 5.10 Å². The first-order valence-electron chi connectivity index (χ1n) is 8.56. The van der Waals surface area contributed by atoms with Crippen molar-refractivity contribution >= 4 is 34.7 Å². The van der Waals surface area contributed by atoms with Crippen LogP contribution in [0.15, 0.2) is 60.8 Å². The summed E-state index contributed by atoms with van der Waals surface area (Å²) in [5, 5.41) is 11.9. The van der Waals surface area contributed by atoms with Crippen LogP contribution in [0.4, 0.5) is 23.1 Å². The standard InChI is InChI=1S/C19H19ClN6/c20-16-8-4-5-9-17(16)22-19-23-18(14-21-24-19)26-12-10-25(11-13-26)15-6-2-1-3-7-15/h1-9,14H,10-13H2,(H,22,23,24). The van der Waals surface area contributed by atoms with Crippen LogP contribution >= 0.6 is 11.6 Å². The molecule has 2 aromatic carbocycles. The van der Waals surface area contributed by atoms with Gasteiger partial charge in [-0.1, -0.05) is 41.9 Å². The second-order valence-corrected chi connectivity index (χ2v) is 6.46. The van der Waals surface area contributed by atoms with Crippen molar-refractivity contribution in [2.24, 2.45) is 0 Å². The summed E-state index contributed by atoms with van der Waals surface area (Å²) in [6.07, 6.45) is 1.70. The highest BCUT2D eigenvalue weighted by molar-refractivity contribution is 6.33. The lowest BCUT2D eigenvalue weighted by Gasteiger charge is -2.36. The number of anilines is 4. The van der Waals surface area contributed by atoms with Gasteiger partial charge in [-0.05, 0) is 24.3 Å². The van der Waals surface area contributed by atoms with Gasteiger partial charge in [0.1, 0.15) is 0 Å². The lowest BCUT2D eigenvalue weighted by molar-refractivity contribution is 0.645. The van der Waals surface area contributed by atoms with Gasteiger partial charge in [0.05, 0.1) is 16.9 Å². The maximum atomic E-state index is 6.18. The van der Waals surface area contributed by atoms with Gasteiger partial charge in [0, 0.05) is 31.9 Å². The van der Waals surface area contributed by atoms with E-state index in [1.54, 1.807) is 6.20 Å². The van der Waals surface area contributed by atoms with Crippen LogP contribution in [-0.2, 0) is 0 Å². The molecule has 1 fully saturated rings. The molecule has 7 heteroatoms. The van der Waals surface area contributed by atoms with E-state index in [4.69, 9.17) is 11.6 Å². The van der Waals surface area contributed by atoms with Crippen molar-refractivity contribution in [1.29, 1.82) is 0 Å². The van der Waals surface area contributed by atoms with Gasteiger partial charge < -0.3 is 15.1 Å². The third kappa shape index (κ3) is 3.70. The average molecular weight is 367 g/mol. The van der Waals surface area contributed by atoms with E-state index in [1.165, 1.54) is 5.69 Å². The zero-order valence-electron chi connectivity index (χ0n) is 14.2. The first-order valence-corrected chi connectivity index (χ1v) is 8.93. The van der Waals surface area contributed by atoms with Gasteiger partial charge in [-0.2, -0.15) is 10.1 Å². The van der Waals surface area contributed by atoms with Gasteiger partial charge in [0.2, 0.25) is 5.95 Å². The molecule has 0 spiro atoms. The molecule has 0 amide bonds. The van der Waals surface area contributed by atoms with Gasteiger partial charge in [0.15, 0.2) is 5.82 Å². The maximum Gasteiger partial charge on any atom is 0.249 e. The highest BCUT2D eigenvalue weighted by atomic mass is 35.5. The third-order valence-corrected chi connectivity index (χ3v) is 4.72. The molecular weight excluding hydrogens is 348 g/mol. The van der Waals surface area contributed by atoms with E-state index in [-0.39, 0.29) is 0 Å². The van der Waals surface area contributed by atoms with E-state index < -0.39 is 0 Å². The smallest absolute Gasteiger partial charge is 0.249 e. The molecule has 0 unspecified atom stereocenters. The quantitative estimate of drug-likeness (QED) is 0.761. The molecule has 1 N–H and O–H groups in total. The SMILES string of the molecule is Clc1ccccc1Nc1nncc(N2CCN(c3ccccc3)CC2)n1. The molecule has 3 aromatic rings. The number of hydrogen-bond donors (Lipinski definition) is 1. The molecule has 6 nitrogen and oxygen atoms in total. The van der Waals surface area contributed by atoms with Gasteiger partial charge in [0.25, 0.3) is 0 Å². The summed E-state index contributed by atoms with van der Waals surface area (Å²) in [5.74, 6) is 1.27. The van der Waals surface area contributed by atoms with E-state index in [0.29, 0.717) is 11.0 Å². The van der Waals surface area contributed by atoms with Crippen LogP contribution < -0.4 is 15.1 Å². The van der Waals surface area contributed by atoms with Gasteiger partial charge >= 0.3 is 0 Å². The second kappa shape index (κ2) is 7.58. The molecule has 2 heterocycles. The maximum absolute atomic E-state index is 6.18. The summed E-state index contributed by atoms with van der Waals surface area (Å²) >= 11 is 6.18. The van der Waals surface area contributed by atoms with Crippen LogP contribution in [0.5, 0.6) is 0 Å². The Morgan fingerprint density at radius 2 is 1.54 bits per heavy atom. The Hall–Kier alpha value is -2.86. The van der Waals surface area contributed by atoms with Gasteiger partial charge in [-0.3, -0.25) is 0 Å². The normalized spacial score (nSPS) is 14.3. The zero-order valence-corrected chi connectivity index (χ0v) is 15.0. The molecule has 4 rings (SSSR count). The Morgan fingerprint density at radius 3 is 2.31 bits per heavy atom. The van der Waals surface area contributed by atoms with Crippen molar-refractivity contribution in [1.82, 2.24) is 15.2 Å². The number of halogens is 1. The summed E-state index contributed by atoms with van der Waals surface area (Å²) < 4.78 is 0. The Labute approximate surface area is 157 Å². The number of nitrogens with one attached hydrogen (secondary N) is 1. The molecule has 26 heavy (non-hydrogen) atoms. The minimum atomic E-state index is 0.445. The van der Waals surface area contributed by atoms with E-state index >= 15 is 0 Å². The fourth-order valence-electron chi connectivity index (χ4n) is 3.02. The lowest BCUT2D eigenvalue weighted by atomic mass is 10.2. The van der Waals surface area contributed by atoms with Crippen molar-refractivity contribution in [3.8, 4) is 0 Å². The van der Waals surface area contributed by atoms with Crippen molar-refractivity contribution in [3.63, 3.8) is 0 Å². The predicted octanol–water partition coefficient (Wildman–Crippen LogP) is 3.60. The number of nitrogens with zero attached hydrogens (tertiary/aromatic N) is 5. The number of piperazine rings is 1. The molecule has 1 aliphatic heterocycles. The monoisotopic (exact) mass is 366 g/mol. The number of para-hydroxylation sites is 2. The second-order valence-electron chi connectivity index (χ2n) is 6.05. The van der Waals surface area contributed by atoms with Crippen LogP contribution in [0.2, 0.25) is 5.02 Å². The minimum absolute atomic E-state index is 0.445. The molecular formula is C19H19ClN6. The summed E-state index contributed by atoms with van der Waals surface area (Å²) in [6.45, 7) is 3.67. The van der Waals surface area contributed by atoms with E-state index in [2.05, 4.69) is 54.6 Å².